The molecule has 51 heavy (non-hydrogen) atoms. The SMILES string of the molecule is COC(=O)c1ccc(-c2ccc(OC)c(-c3ncc(SC)nc3CN3C(=O)O[C@H](c4cc(C(F)(F)F)cc(C(F)(F)F)c4)C34CCC4)c2)c(C)c1. The summed E-state index contributed by atoms with van der Waals surface area (Å²) in [6, 6.07) is 11.8. The van der Waals surface area contributed by atoms with Gasteiger partial charge in [0.1, 0.15) is 10.8 Å². The zero-order chi connectivity index (χ0) is 36.9. The fourth-order valence-corrected chi connectivity index (χ4v) is 7.04. The van der Waals surface area contributed by atoms with Crippen LogP contribution in [0.3, 0.4) is 0 Å². The zero-order valence-electron chi connectivity index (χ0n) is 27.7. The summed E-state index contributed by atoms with van der Waals surface area (Å²) in [5.41, 5.74) is -0.670. The van der Waals surface area contributed by atoms with Gasteiger partial charge >= 0.3 is 24.4 Å². The smallest absolute Gasteiger partial charge is 0.416 e. The highest BCUT2D eigenvalue weighted by Crippen LogP contribution is 2.55. The van der Waals surface area contributed by atoms with Crippen LogP contribution in [-0.4, -0.2) is 52.9 Å². The Kier molecular flexibility index (Phi) is 9.46. The fourth-order valence-electron chi connectivity index (χ4n) is 6.68. The molecule has 1 saturated carbocycles. The molecule has 2 aliphatic rings. The van der Waals surface area contributed by atoms with Gasteiger partial charge in [0.25, 0.3) is 0 Å². The van der Waals surface area contributed by atoms with Gasteiger partial charge in [-0.2, -0.15) is 26.3 Å². The number of carbonyl (C=O) groups is 2. The molecular weight excluding hydrogens is 700 g/mol. The molecular formula is C36H31F6N3O5S. The Morgan fingerprint density at radius 2 is 1.67 bits per heavy atom. The van der Waals surface area contributed by atoms with Crippen LogP contribution in [0.5, 0.6) is 5.75 Å². The van der Waals surface area contributed by atoms with E-state index < -0.39 is 47.2 Å². The molecule has 1 saturated heterocycles. The highest BCUT2D eigenvalue weighted by atomic mass is 32.2. The molecule has 1 aromatic heterocycles. The van der Waals surface area contributed by atoms with Gasteiger partial charge in [-0.15, -0.1) is 11.8 Å². The molecule has 0 bridgehead atoms. The number of methoxy groups -OCH3 is 2. The molecule has 15 heteroatoms. The number of rotatable bonds is 8. The van der Waals surface area contributed by atoms with Crippen LogP contribution in [-0.2, 0) is 28.4 Å². The van der Waals surface area contributed by atoms with E-state index in [9.17, 15) is 35.9 Å². The quantitative estimate of drug-likeness (QED) is 0.101. The summed E-state index contributed by atoms with van der Waals surface area (Å²) in [5, 5.41) is 0.512. The van der Waals surface area contributed by atoms with Crippen molar-refractivity contribution in [3.05, 3.63) is 94.3 Å². The van der Waals surface area contributed by atoms with Gasteiger partial charge < -0.3 is 14.2 Å². The number of aromatic nitrogens is 2. The van der Waals surface area contributed by atoms with Gasteiger partial charge in [0.05, 0.1) is 60.6 Å². The first-order valence-electron chi connectivity index (χ1n) is 15.6. The Labute approximate surface area is 293 Å². The second kappa shape index (κ2) is 13.4. The molecule has 1 amide bonds. The molecule has 2 heterocycles. The van der Waals surface area contributed by atoms with Gasteiger partial charge in [0.15, 0.2) is 6.10 Å². The number of alkyl halides is 6. The van der Waals surface area contributed by atoms with Gasteiger partial charge in [-0.1, -0.05) is 12.1 Å². The number of benzene rings is 3. The van der Waals surface area contributed by atoms with E-state index in [4.69, 9.17) is 24.2 Å². The molecule has 1 aliphatic heterocycles. The van der Waals surface area contributed by atoms with Crippen LogP contribution >= 0.6 is 11.8 Å². The largest absolute Gasteiger partial charge is 0.496 e. The van der Waals surface area contributed by atoms with Crippen molar-refractivity contribution in [3.8, 4) is 28.1 Å². The standard InChI is InChI=1S/C36H31F6N3O5S/c1-19-12-21(32(46)49-3)6-8-25(19)20-7-9-28(48-2)26(15-20)30-27(44-29(51-4)17-43-30)18-45-33(47)50-31(34(45)10-5-11-34)22-13-23(35(37,38)39)16-24(14-22)36(40,41)42/h6-9,12-17,31H,5,10-11,18H2,1-4H3/t31-/m1/s1. The maximum atomic E-state index is 13.8. The average Bonchev–Trinajstić information content (AvgIpc) is 3.38. The highest BCUT2D eigenvalue weighted by molar-refractivity contribution is 7.98. The van der Waals surface area contributed by atoms with Crippen molar-refractivity contribution in [2.24, 2.45) is 0 Å². The Morgan fingerprint density at radius 3 is 2.22 bits per heavy atom. The summed E-state index contributed by atoms with van der Waals surface area (Å²) >= 11 is 1.30. The fraction of sp³-hybridized carbons (Fsp3) is 0.333. The van der Waals surface area contributed by atoms with Gasteiger partial charge in [-0.3, -0.25) is 9.88 Å². The first kappa shape index (κ1) is 36.0. The number of halogens is 6. The number of ether oxygens (including phenoxy) is 3. The van der Waals surface area contributed by atoms with E-state index in [1.165, 1.54) is 30.9 Å². The predicted molar refractivity (Wildman–Crippen MR) is 175 cm³/mol. The summed E-state index contributed by atoms with van der Waals surface area (Å²) in [6.45, 7) is 1.65. The summed E-state index contributed by atoms with van der Waals surface area (Å²) in [4.78, 5) is 36.5. The van der Waals surface area contributed by atoms with Crippen molar-refractivity contribution in [3.63, 3.8) is 0 Å². The van der Waals surface area contributed by atoms with Crippen LogP contribution in [0.15, 0.2) is 65.8 Å². The van der Waals surface area contributed by atoms with E-state index in [0.29, 0.717) is 51.8 Å². The lowest BCUT2D eigenvalue weighted by atomic mass is 9.70. The van der Waals surface area contributed by atoms with E-state index in [0.717, 1.165) is 16.7 Å². The van der Waals surface area contributed by atoms with Crippen LogP contribution < -0.4 is 4.74 Å². The number of cyclic esters (lactones) is 1. The third-order valence-electron chi connectivity index (χ3n) is 9.35. The van der Waals surface area contributed by atoms with Gasteiger partial charge in [-0.25, -0.2) is 14.6 Å². The van der Waals surface area contributed by atoms with Crippen LogP contribution in [0.25, 0.3) is 22.4 Å². The molecule has 4 aromatic rings. The summed E-state index contributed by atoms with van der Waals surface area (Å²) in [6.07, 6.45) is -7.94. The molecule has 2 fully saturated rings. The average molecular weight is 732 g/mol. The Balaban J connectivity index is 1.42. The van der Waals surface area contributed by atoms with Gasteiger partial charge in [0.2, 0.25) is 0 Å². The number of thioether (sulfide) groups is 1. The van der Waals surface area contributed by atoms with Crippen LogP contribution in [0.4, 0.5) is 31.1 Å². The monoisotopic (exact) mass is 731 g/mol. The van der Waals surface area contributed by atoms with Crippen molar-refractivity contribution < 1.29 is 50.1 Å². The Hall–Kier alpha value is -4.79. The summed E-state index contributed by atoms with van der Waals surface area (Å²) < 4.78 is 98.9. The molecule has 6 rings (SSSR count). The molecule has 8 nitrogen and oxygen atoms in total. The van der Waals surface area contributed by atoms with Crippen molar-refractivity contribution in [2.45, 2.75) is 61.8 Å². The number of aryl methyl sites for hydroxylation is 1. The van der Waals surface area contributed by atoms with Crippen LogP contribution in [0.1, 0.15) is 63.7 Å². The number of esters is 1. The van der Waals surface area contributed by atoms with Crippen LogP contribution in [0.2, 0.25) is 0 Å². The molecule has 1 spiro atoms. The number of nitrogens with zero attached hydrogens (tertiary/aromatic N) is 3. The van der Waals surface area contributed by atoms with Crippen molar-refractivity contribution in [2.75, 3.05) is 20.5 Å². The third-order valence-corrected chi connectivity index (χ3v) is 9.96. The Morgan fingerprint density at radius 1 is 0.980 bits per heavy atom. The zero-order valence-corrected chi connectivity index (χ0v) is 28.6. The summed E-state index contributed by atoms with van der Waals surface area (Å²) in [5.74, 6) is -0.0476. The minimum Gasteiger partial charge on any atom is -0.496 e. The molecule has 0 unspecified atom stereocenters. The third kappa shape index (κ3) is 6.70. The van der Waals surface area contributed by atoms with E-state index in [2.05, 4.69) is 0 Å². The molecule has 3 aromatic carbocycles. The topological polar surface area (TPSA) is 90.9 Å². The predicted octanol–water partition coefficient (Wildman–Crippen LogP) is 9.29. The van der Waals surface area contributed by atoms with E-state index in [1.54, 1.807) is 36.7 Å². The van der Waals surface area contributed by atoms with Crippen molar-refractivity contribution in [1.29, 1.82) is 0 Å². The first-order valence-corrected chi connectivity index (χ1v) is 16.9. The second-order valence-corrected chi connectivity index (χ2v) is 13.1. The number of hydrogen-bond acceptors (Lipinski definition) is 8. The van der Waals surface area contributed by atoms with Crippen molar-refractivity contribution >= 4 is 23.8 Å². The molecule has 268 valence electrons. The van der Waals surface area contributed by atoms with Gasteiger partial charge in [0, 0.05) is 5.56 Å². The van der Waals surface area contributed by atoms with E-state index >= 15 is 0 Å². The highest BCUT2D eigenvalue weighted by Gasteiger charge is 2.59. The lowest BCUT2D eigenvalue weighted by Crippen LogP contribution is -2.53. The maximum absolute atomic E-state index is 13.8. The molecule has 1 atom stereocenters. The van der Waals surface area contributed by atoms with Crippen molar-refractivity contribution in [1.82, 2.24) is 14.9 Å². The number of carbonyl (C=O) groups excluding carboxylic acids is 2. The number of hydrogen-bond donors (Lipinski definition) is 0. The summed E-state index contributed by atoms with van der Waals surface area (Å²) in [7, 11) is 2.78. The number of amides is 1. The lowest BCUT2D eigenvalue weighted by Gasteiger charge is -2.46. The molecule has 0 radical (unpaired) electrons. The first-order chi connectivity index (χ1) is 24.1. The molecule has 1 aliphatic carbocycles. The lowest BCUT2D eigenvalue weighted by molar-refractivity contribution is -0.143. The second-order valence-electron chi connectivity index (χ2n) is 12.3. The normalized spacial score (nSPS) is 16.9. The van der Waals surface area contributed by atoms with E-state index in [-0.39, 0.29) is 31.0 Å². The van der Waals surface area contributed by atoms with E-state index in [1.807, 2.05) is 19.1 Å². The minimum absolute atomic E-state index is 0.0533. The maximum Gasteiger partial charge on any atom is 0.416 e. The Bertz CT molecular complexity index is 1980. The van der Waals surface area contributed by atoms with Crippen LogP contribution in [0, 0.1) is 6.92 Å². The minimum atomic E-state index is -5.07. The molecule has 0 N–H and O–H groups in total. The van der Waals surface area contributed by atoms with Gasteiger partial charge in [-0.05, 0) is 97.2 Å².